The van der Waals surface area contributed by atoms with Gasteiger partial charge in [0.15, 0.2) is 0 Å². The summed E-state index contributed by atoms with van der Waals surface area (Å²) in [6.45, 7) is 9.79. The fourth-order valence-electron chi connectivity index (χ4n) is 1.63. The van der Waals surface area contributed by atoms with Crippen molar-refractivity contribution in [2.75, 3.05) is 33.0 Å². The molecule has 108 valence electrons. The van der Waals surface area contributed by atoms with Crippen molar-refractivity contribution >= 4 is 5.97 Å². The summed E-state index contributed by atoms with van der Waals surface area (Å²) in [6.07, 6.45) is 0.710. The number of nitrogens with one attached hydrogen (secondary N) is 1. The van der Waals surface area contributed by atoms with Crippen LogP contribution in [0.5, 0.6) is 0 Å². The van der Waals surface area contributed by atoms with E-state index in [1.165, 1.54) is 0 Å². The summed E-state index contributed by atoms with van der Waals surface area (Å²) in [5.41, 5.74) is 0.0872. The van der Waals surface area contributed by atoms with Gasteiger partial charge in [-0.15, -0.1) is 0 Å². The van der Waals surface area contributed by atoms with Crippen LogP contribution < -0.4 is 5.32 Å². The maximum Gasteiger partial charge on any atom is 0.332 e. The number of hydrogen-bond donors (Lipinski definition) is 2. The molecule has 0 rings (SSSR count). The van der Waals surface area contributed by atoms with Crippen LogP contribution in [-0.4, -0.2) is 50.1 Å². The van der Waals surface area contributed by atoms with Gasteiger partial charge in [0.2, 0.25) is 0 Å². The summed E-state index contributed by atoms with van der Waals surface area (Å²) in [7, 11) is 0. The molecule has 0 aromatic rings. The standard InChI is InChI=1S/C13H27NO4/c1-5-18-12(16)10-17-9-7-14-11(6-8-15)13(2,3)4/h11,14-15H,5-10H2,1-4H3. The minimum absolute atomic E-state index is 0.00426. The van der Waals surface area contributed by atoms with E-state index in [9.17, 15) is 4.79 Å². The minimum atomic E-state index is -0.333. The second-order valence-corrected chi connectivity index (χ2v) is 5.24. The van der Waals surface area contributed by atoms with Crippen molar-refractivity contribution in [2.45, 2.75) is 40.2 Å². The lowest BCUT2D eigenvalue weighted by Crippen LogP contribution is -2.42. The van der Waals surface area contributed by atoms with Crippen LogP contribution in [0, 0.1) is 5.41 Å². The lowest BCUT2D eigenvalue weighted by atomic mass is 9.85. The average Bonchev–Trinajstić information content (AvgIpc) is 2.26. The van der Waals surface area contributed by atoms with Gasteiger partial charge in [0.05, 0.1) is 13.2 Å². The molecule has 0 amide bonds. The number of esters is 1. The van der Waals surface area contributed by atoms with E-state index < -0.39 is 0 Å². The smallest absolute Gasteiger partial charge is 0.332 e. The fraction of sp³-hybridized carbons (Fsp3) is 0.923. The molecule has 0 heterocycles. The van der Waals surface area contributed by atoms with Gasteiger partial charge in [0.1, 0.15) is 6.61 Å². The first-order chi connectivity index (χ1) is 8.41. The van der Waals surface area contributed by atoms with Gasteiger partial charge < -0.3 is 19.9 Å². The van der Waals surface area contributed by atoms with Crippen LogP contribution in [-0.2, 0) is 14.3 Å². The normalized spacial score (nSPS) is 13.4. The quantitative estimate of drug-likeness (QED) is 0.478. The summed E-state index contributed by atoms with van der Waals surface area (Å²) in [5, 5.41) is 12.3. The highest BCUT2D eigenvalue weighted by Crippen LogP contribution is 2.21. The van der Waals surface area contributed by atoms with Gasteiger partial charge >= 0.3 is 5.97 Å². The van der Waals surface area contributed by atoms with E-state index >= 15 is 0 Å². The summed E-state index contributed by atoms with van der Waals surface area (Å²) < 4.78 is 9.93. The van der Waals surface area contributed by atoms with Crippen molar-refractivity contribution in [2.24, 2.45) is 5.41 Å². The molecule has 0 spiro atoms. The Kier molecular flexibility index (Phi) is 8.97. The third kappa shape index (κ3) is 8.44. The molecule has 0 fully saturated rings. The lowest BCUT2D eigenvalue weighted by molar-refractivity contribution is -0.148. The van der Waals surface area contributed by atoms with Crippen molar-refractivity contribution in [3.05, 3.63) is 0 Å². The van der Waals surface area contributed by atoms with Crippen LogP contribution in [0.15, 0.2) is 0 Å². The molecule has 0 radical (unpaired) electrons. The van der Waals surface area contributed by atoms with E-state index in [4.69, 9.17) is 14.6 Å². The third-order valence-corrected chi connectivity index (χ3v) is 2.63. The molecule has 0 bridgehead atoms. The van der Waals surface area contributed by atoms with Crippen LogP contribution in [0.1, 0.15) is 34.1 Å². The predicted octanol–water partition coefficient (Wildman–Crippen LogP) is 0.953. The third-order valence-electron chi connectivity index (χ3n) is 2.63. The molecule has 0 aliphatic carbocycles. The number of carbonyl (C=O) groups is 1. The van der Waals surface area contributed by atoms with E-state index in [-0.39, 0.29) is 30.6 Å². The maximum atomic E-state index is 11.0. The Hall–Kier alpha value is -0.650. The number of hydrogen-bond acceptors (Lipinski definition) is 5. The second-order valence-electron chi connectivity index (χ2n) is 5.24. The molecule has 2 N–H and O–H groups in total. The van der Waals surface area contributed by atoms with Gasteiger partial charge in [-0.1, -0.05) is 20.8 Å². The van der Waals surface area contributed by atoms with Crippen LogP contribution in [0.4, 0.5) is 0 Å². The molecule has 5 nitrogen and oxygen atoms in total. The molecule has 1 unspecified atom stereocenters. The molecule has 0 aromatic heterocycles. The van der Waals surface area contributed by atoms with E-state index in [0.717, 1.165) is 0 Å². The molecule has 0 aromatic carbocycles. The number of rotatable bonds is 9. The van der Waals surface area contributed by atoms with Gasteiger partial charge in [-0.05, 0) is 18.8 Å². The van der Waals surface area contributed by atoms with E-state index in [2.05, 4.69) is 26.1 Å². The van der Waals surface area contributed by atoms with Crippen molar-refractivity contribution in [1.29, 1.82) is 0 Å². The van der Waals surface area contributed by atoms with Gasteiger partial charge in [0.25, 0.3) is 0 Å². The van der Waals surface area contributed by atoms with Crippen LogP contribution >= 0.6 is 0 Å². The zero-order valence-corrected chi connectivity index (χ0v) is 12.0. The zero-order valence-electron chi connectivity index (χ0n) is 12.0. The fourth-order valence-corrected chi connectivity index (χ4v) is 1.63. The Morgan fingerprint density at radius 3 is 2.56 bits per heavy atom. The number of aliphatic hydroxyl groups excluding tert-OH is 1. The van der Waals surface area contributed by atoms with Gasteiger partial charge in [-0.3, -0.25) is 0 Å². The Bertz CT molecular complexity index is 226. The zero-order chi connectivity index (χ0) is 14.0. The largest absolute Gasteiger partial charge is 0.464 e. The summed E-state index contributed by atoms with van der Waals surface area (Å²) in [5.74, 6) is -0.333. The van der Waals surface area contributed by atoms with E-state index in [1.807, 2.05) is 0 Å². The topological polar surface area (TPSA) is 67.8 Å². The highest BCUT2D eigenvalue weighted by molar-refractivity contribution is 5.70. The number of aliphatic hydroxyl groups is 1. The Morgan fingerprint density at radius 1 is 1.39 bits per heavy atom. The summed E-state index contributed by atoms with van der Waals surface area (Å²) >= 11 is 0. The van der Waals surface area contributed by atoms with Gasteiger partial charge in [-0.2, -0.15) is 0 Å². The van der Waals surface area contributed by atoms with Crippen LogP contribution in [0.2, 0.25) is 0 Å². The monoisotopic (exact) mass is 261 g/mol. The maximum absolute atomic E-state index is 11.0. The molecule has 5 heteroatoms. The van der Waals surface area contributed by atoms with Crippen molar-refractivity contribution in [3.63, 3.8) is 0 Å². The minimum Gasteiger partial charge on any atom is -0.464 e. The van der Waals surface area contributed by atoms with Crippen molar-refractivity contribution in [1.82, 2.24) is 5.32 Å². The Labute approximate surface area is 110 Å². The number of carbonyl (C=O) groups excluding carboxylic acids is 1. The van der Waals surface area contributed by atoms with Crippen LogP contribution in [0.3, 0.4) is 0 Å². The first-order valence-corrected chi connectivity index (χ1v) is 6.49. The number of ether oxygens (including phenoxy) is 2. The SMILES string of the molecule is CCOC(=O)COCCNC(CCO)C(C)(C)C. The highest BCUT2D eigenvalue weighted by Gasteiger charge is 2.23. The molecule has 18 heavy (non-hydrogen) atoms. The average molecular weight is 261 g/mol. The van der Waals surface area contributed by atoms with E-state index in [1.54, 1.807) is 6.92 Å². The molecule has 0 saturated carbocycles. The molecule has 0 saturated heterocycles. The lowest BCUT2D eigenvalue weighted by Gasteiger charge is -2.31. The highest BCUT2D eigenvalue weighted by atomic mass is 16.6. The molecule has 1 atom stereocenters. The van der Waals surface area contributed by atoms with Crippen LogP contribution in [0.25, 0.3) is 0 Å². The molecule has 0 aliphatic heterocycles. The molecular weight excluding hydrogens is 234 g/mol. The molecule has 0 aliphatic rings. The molecular formula is C13H27NO4. The summed E-state index contributed by atoms with van der Waals surface area (Å²) in [6, 6.07) is 0.230. The Morgan fingerprint density at radius 2 is 2.06 bits per heavy atom. The van der Waals surface area contributed by atoms with Crippen molar-refractivity contribution in [3.8, 4) is 0 Å². The van der Waals surface area contributed by atoms with Crippen molar-refractivity contribution < 1.29 is 19.4 Å². The predicted molar refractivity (Wildman–Crippen MR) is 70.4 cm³/mol. The van der Waals surface area contributed by atoms with Gasteiger partial charge in [0, 0.05) is 19.2 Å². The Balaban J connectivity index is 3.71. The second kappa shape index (κ2) is 9.30. The van der Waals surface area contributed by atoms with Gasteiger partial charge in [-0.25, -0.2) is 4.79 Å². The first-order valence-electron chi connectivity index (χ1n) is 6.49. The first kappa shape index (κ1) is 17.4. The summed E-state index contributed by atoms with van der Waals surface area (Å²) in [4.78, 5) is 11.0. The van der Waals surface area contributed by atoms with E-state index in [0.29, 0.717) is 26.2 Å².